The zero-order valence-electron chi connectivity index (χ0n) is 14.0. The Morgan fingerprint density at radius 2 is 2.04 bits per heavy atom. The van der Waals surface area contributed by atoms with Gasteiger partial charge in [0, 0.05) is 37.3 Å². The highest BCUT2D eigenvalue weighted by Crippen LogP contribution is 2.27. The summed E-state index contributed by atoms with van der Waals surface area (Å²) in [5.74, 6) is 0.388. The molecule has 1 N–H and O–H groups in total. The number of piperazine rings is 1. The summed E-state index contributed by atoms with van der Waals surface area (Å²) >= 11 is 3.07. The minimum Gasteiger partial charge on any atom is -0.367 e. The van der Waals surface area contributed by atoms with Gasteiger partial charge in [-0.1, -0.05) is 23.9 Å². The summed E-state index contributed by atoms with van der Waals surface area (Å²) in [5, 5.41) is 5.06. The van der Waals surface area contributed by atoms with Crippen molar-refractivity contribution in [2.24, 2.45) is 0 Å². The smallest absolute Gasteiger partial charge is 0.234 e. The molecule has 0 spiro atoms. The number of benzene rings is 1. The van der Waals surface area contributed by atoms with Gasteiger partial charge in [-0.15, -0.1) is 11.3 Å². The fraction of sp³-hybridized carbons (Fsp3) is 0.412. The van der Waals surface area contributed by atoms with Gasteiger partial charge < -0.3 is 15.1 Å². The Kier molecular flexibility index (Phi) is 5.76. The van der Waals surface area contributed by atoms with Crippen LogP contribution < -0.4 is 10.2 Å². The van der Waals surface area contributed by atoms with Crippen molar-refractivity contribution in [2.45, 2.75) is 11.3 Å². The zero-order valence-corrected chi connectivity index (χ0v) is 15.6. The van der Waals surface area contributed by atoms with Gasteiger partial charge >= 0.3 is 0 Å². The van der Waals surface area contributed by atoms with E-state index in [4.69, 9.17) is 0 Å². The summed E-state index contributed by atoms with van der Waals surface area (Å²) in [5.41, 5.74) is 3.00. The molecule has 128 valence electrons. The first-order valence-corrected chi connectivity index (χ1v) is 9.85. The zero-order chi connectivity index (χ0) is 16.9. The Morgan fingerprint density at radius 3 is 2.75 bits per heavy atom. The van der Waals surface area contributed by atoms with Crippen LogP contribution in [0.4, 0.5) is 11.4 Å². The fourth-order valence-electron chi connectivity index (χ4n) is 2.61. The van der Waals surface area contributed by atoms with Gasteiger partial charge in [-0.25, -0.2) is 4.98 Å². The second kappa shape index (κ2) is 8.00. The Labute approximate surface area is 151 Å². The van der Waals surface area contributed by atoms with E-state index in [2.05, 4.69) is 33.2 Å². The number of aryl methyl sites for hydroxylation is 1. The highest BCUT2D eigenvalue weighted by molar-refractivity contribution is 8.01. The van der Waals surface area contributed by atoms with E-state index in [-0.39, 0.29) is 5.91 Å². The van der Waals surface area contributed by atoms with E-state index >= 15 is 0 Å². The van der Waals surface area contributed by atoms with Gasteiger partial charge in [-0.2, -0.15) is 0 Å². The van der Waals surface area contributed by atoms with Crippen LogP contribution in [0.25, 0.3) is 0 Å². The van der Waals surface area contributed by atoms with Crippen LogP contribution in [0.15, 0.2) is 34.0 Å². The molecule has 1 amide bonds. The number of anilines is 2. The highest BCUT2D eigenvalue weighted by atomic mass is 32.2. The molecule has 2 heterocycles. The van der Waals surface area contributed by atoms with Crippen molar-refractivity contribution >= 4 is 40.4 Å². The first-order valence-electron chi connectivity index (χ1n) is 7.99. The molecule has 0 bridgehead atoms. The van der Waals surface area contributed by atoms with Gasteiger partial charge in [0.2, 0.25) is 5.91 Å². The monoisotopic (exact) mass is 362 g/mol. The Hall–Kier alpha value is -1.57. The van der Waals surface area contributed by atoms with Gasteiger partial charge in [-0.3, -0.25) is 4.79 Å². The SMILES string of the molecule is Cc1csc(SCC(=O)Nc2ccccc2N2CCN(C)CC2)n1. The second-order valence-electron chi connectivity index (χ2n) is 5.90. The topological polar surface area (TPSA) is 48.5 Å². The van der Waals surface area contributed by atoms with E-state index in [1.54, 1.807) is 11.3 Å². The molecule has 0 saturated carbocycles. The number of carbonyl (C=O) groups is 1. The fourth-order valence-corrected chi connectivity index (χ4v) is 4.26. The van der Waals surface area contributed by atoms with Crippen LogP contribution in [0.5, 0.6) is 0 Å². The molecule has 1 fully saturated rings. The first-order chi connectivity index (χ1) is 11.6. The summed E-state index contributed by atoms with van der Waals surface area (Å²) in [6, 6.07) is 8.05. The van der Waals surface area contributed by atoms with Crippen LogP contribution in [0, 0.1) is 6.92 Å². The largest absolute Gasteiger partial charge is 0.367 e. The van der Waals surface area contributed by atoms with E-state index in [1.165, 1.54) is 11.8 Å². The molecule has 2 aromatic rings. The van der Waals surface area contributed by atoms with Gasteiger partial charge in [0.1, 0.15) is 0 Å². The molecule has 3 rings (SSSR count). The normalized spacial score (nSPS) is 15.5. The Morgan fingerprint density at radius 1 is 1.29 bits per heavy atom. The van der Waals surface area contributed by atoms with Gasteiger partial charge in [0.05, 0.1) is 17.1 Å². The lowest BCUT2D eigenvalue weighted by Gasteiger charge is -2.35. The molecule has 5 nitrogen and oxygen atoms in total. The van der Waals surface area contributed by atoms with Gasteiger partial charge in [0.15, 0.2) is 4.34 Å². The molecule has 24 heavy (non-hydrogen) atoms. The molecular formula is C17H22N4OS2. The number of nitrogens with one attached hydrogen (secondary N) is 1. The number of thioether (sulfide) groups is 1. The van der Waals surface area contributed by atoms with E-state index < -0.39 is 0 Å². The summed E-state index contributed by atoms with van der Waals surface area (Å²) in [6.07, 6.45) is 0. The standard InChI is InChI=1S/C17H22N4OS2/c1-13-11-23-17(18-13)24-12-16(22)19-14-5-3-4-6-15(14)21-9-7-20(2)8-10-21/h3-6,11H,7-10,12H2,1-2H3,(H,19,22). The summed E-state index contributed by atoms with van der Waals surface area (Å²) in [6.45, 7) is 6.02. The Bertz CT molecular complexity index is 695. The molecule has 7 heteroatoms. The number of nitrogens with zero attached hydrogens (tertiary/aromatic N) is 3. The predicted octanol–water partition coefficient (Wildman–Crippen LogP) is 2.93. The molecular weight excluding hydrogens is 340 g/mol. The van der Waals surface area contributed by atoms with E-state index in [0.29, 0.717) is 5.75 Å². The maximum atomic E-state index is 12.3. The molecule has 0 radical (unpaired) electrons. The van der Waals surface area contributed by atoms with Crippen molar-refractivity contribution in [1.29, 1.82) is 0 Å². The summed E-state index contributed by atoms with van der Waals surface area (Å²) < 4.78 is 0.940. The number of para-hydroxylation sites is 2. The number of hydrogen-bond acceptors (Lipinski definition) is 6. The first kappa shape index (κ1) is 17.3. The molecule has 1 saturated heterocycles. The van der Waals surface area contributed by atoms with E-state index in [0.717, 1.165) is 47.6 Å². The van der Waals surface area contributed by atoms with Gasteiger partial charge in [0.25, 0.3) is 0 Å². The minimum absolute atomic E-state index is 0.00873. The van der Waals surface area contributed by atoms with Crippen molar-refractivity contribution in [3.63, 3.8) is 0 Å². The van der Waals surface area contributed by atoms with Crippen LogP contribution in [-0.4, -0.2) is 54.8 Å². The van der Waals surface area contributed by atoms with E-state index in [1.807, 2.05) is 30.5 Å². The van der Waals surface area contributed by atoms with E-state index in [9.17, 15) is 4.79 Å². The van der Waals surface area contributed by atoms with Crippen LogP contribution in [0.3, 0.4) is 0 Å². The molecule has 0 aliphatic carbocycles. The quantitative estimate of drug-likeness (QED) is 0.829. The van der Waals surface area contributed by atoms with Crippen LogP contribution in [-0.2, 0) is 4.79 Å². The third kappa shape index (κ3) is 4.49. The number of hydrogen-bond donors (Lipinski definition) is 1. The molecule has 1 aromatic heterocycles. The maximum absolute atomic E-state index is 12.3. The van der Waals surface area contributed by atoms with Crippen molar-refractivity contribution in [1.82, 2.24) is 9.88 Å². The van der Waals surface area contributed by atoms with Crippen LogP contribution >= 0.6 is 23.1 Å². The number of amides is 1. The van der Waals surface area contributed by atoms with Crippen molar-refractivity contribution in [2.75, 3.05) is 49.2 Å². The Balaban J connectivity index is 1.61. The third-order valence-corrected chi connectivity index (χ3v) is 6.09. The maximum Gasteiger partial charge on any atom is 0.234 e. The van der Waals surface area contributed by atoms with Crippen molar-refractivity contribution in [3.8, 4) is 0 Å². The number of thiazole rings is 1. The highest BCUT2D eigenvalue weighted by Gasteiger charge is 2.17. The molecule has 1 aromatic carbocycles. The molecule has 1 aliphatic heterocycles. The number of carbonyl (C=O) groups excluding carboxylic acids is 1. The number of aromatic nitrogens is 1. The lowest BCUT2D eigenvalue weighted by molar-refractivity contribution is -0.113. The molecule has 0 atom stereocenters. The lowest BCUT2D eigenvalue weighted by Crippen LogP contribution is -2.44. The number of rotatable bonds is 5. The van der Waals surface area contributed by atoms with Gasteiger partial charge in [-0.05, 0) is 26.1 Å². The average Bonchev–Trinajstić information content (AvgIpc) is 3.00. The predicted molar refractivity (Wildman–Crippen MR) is 102 cm³/mol. The third-order valence-electron chi connectivity index (χ3n) is 3.95. The molecule has 0 unspecified atom stereocenters. The lowest BCUT2D eigenvalue weighted by atomic mass is 10.2. The molecule has 1 aliphatic rings. The van der Waals surface area contributed by atoms with Crippen molar-refractivity contribution < 1.29 is 4.79 Å². The number of likely N-dealkylation sites (N-methyl/N-ethyl adjacent to an activating group) is 1. The van der Waals surface area contributed by atoms with Crippen molar-refractivity contribution in [3.05, 3.63) is 35.3 Å². The van der Waals surface area contributed by atoms with Crippen LogP contribution in [0.1, 0.15) is 5.69 Å². The second-order valence-corrected chi connectivity index (χ2v) is 7.98. The van der Waals surface area contributed by atoms with Crippen LogP contribution in [0.2, 0.25) is 0 Å². The summed E-state index contributed by atoms with van der Waals surface area (Å²) in [7, 11) is 2.14. The average molecular weight is 363 g/mol. The minimum atomic E-state index is 0.00873. The summed E-state index contributed by atoms with van der Waals surface area (Å²) in [4.78, 5) is 21.3.